The molecule has 6 heteroatoms. The van der Waals surface area contributed by atoms with Crippen molar-refractivity contribution in [2.45, 2.75) is 33.7 Å². The van der Waals surface area contributed by atoms with E-state index in [0.29, 0.717) is 12.3 Å². The predicted molar refractivity (Wildman–Crippen MR) is 89.8 cm³/mol. The molecule has 1 amide bonds. The maximum Gasteiger partial charge on any atom is 0.224 e. The van der Waals surface area contributed by atoms with Crippen LogP contribution < -0.4 is 5.32 Å². The molecule has 0 aliphatic carbocycles. The predicted octanol–water partition coefficient (Wildman–Crippen LogP) is 2.64. The van der Waals surface area contributed by atoms with Crippen molar-refractivity contribution < 1.29 is 9.32 Å². The molecule has 0 unspecified atom stereocenters. The van der Waals surface area contributed by atoms with Gasteiger partial charge in [-0.25, -0.2) is 4.98 Å². The van der Waals surface area contributed by atoms with Crippen LogP contribution in [0.25, 0.3) is 5.69 Å². The van der Waals surface area contributed by atoms with Gasteiger partial charge in [-0.05, 0) is 32.4 Å². The number of hydrogen-bond acceptors (Lipinski definition) is 4. The molecule has 6 nitrogen and oxygen atoms in total. The van der Waals surface area contributed by atoms with Crippen molar-refractivity contribution in [3.63, 3.8) is 0 Å². The Hall–Kier alpha value is -2.89. The topological polar surface area (TPSA) is 73.0 Å². The van der Waals surface area contributed by atoms with Crippen molar-refractivity contribution in [3.8, 4) is 5.69 Å². The van der Waals surface area contributed by atoms with Crippen LogP contribution in [0, 0.1) is 20.8 Å². The number of hydrogen-bond donors (Lipinski definition) is 1. The van der Waals surface area contributed by atoms with Crippen LogP contribution in [0.15, 0.2) is 41.2 Å². The third-order valence-corrected chi connectivity index (χ3v) is 4.07. The Labute approximate surface area is 140 Å². The quantitative estimate of drug-likeness (QED) is 0.783. The Morgan fingerprint density at radius 1 is 1.25 bits per heavy atom. The Balaban J connectivity index is 1.71. The fourth-order valence-corrected chi connectivity index (χ4v) is 2.70. The lowest BCUT2D eigenvalue weighted by atomic mass is 10.1. The van der Waals surface area contributed by atoms with Crippen molar-refractivity contribution in [2.75, 3.05) is 0 Å². The zero-order valence-electron chi connectivity index (χ0n) is 14.0. The van der Waals surface area contributed by atoms with Crippen LogP contribution in [-0.2, 0) is 17.8 Å². The molecule has 0 spiro atoms. The van der Waals surface area contributed by atoms with Crippen LogP contribution in [0.3, 0.4) is 0 Å². The summed E-state index contributed by atoms with van der Waals surface area (Å²) in [4.78, 5) is 16.5. The maximum atomic E-state index is 12.3. The molecule has 0 aliphatic heterocycles. The van der Waals surface area contributed by atoms with E-state index in [4.69, 9.17) is 4.52 Å². The first-order valence-corrected chi connectivity index (χ1v) is 7.83. The number of rotatable bonds is 5. The van der Waals surface area contributed by atoms with Gasteiger partial charge in [-0.15, -0.1) is 0 Å². The Morgan fingerprint density at radius 2 is 2.04 bits per heavy atom. The lowest BCUT2D eigenvalue weighted by Gasteiger charge is -2.12. The fraction of sp³-hybridized carbons (Fsp3) is 0.278. The molecule has 3 aromatic rings. The van der Waals surface area contributed by atoms with E-state index in [9.17, 15) is 4.79 Å². The summed E-state index contributed by atoms with van der Waals surface area (Å²) in [6.07, 6.45) is 3.95. The minimum absolute atomic E-state index is 0.0541. The second-order valence-electron chi connectivity index (χ2n) is 5.73. The highest BCUT2D eigenvalue weighted by atomic mass is 16.5. The summed E-state index contributed by atoms with van der Waals surface area (Å²) in [5.74, 6) is 1.54. The van der Waals surface area contributed by atoms with E-state index in [2.05, 4.69) is 15.5 Å². The van der Waals surface area contributed by atoms with Crippen LogP contribution >= 0.6 is 0 Å². The van der Waals surface area contributed by atoms with Crippen LogP contribution in [0.2, 0.25) is 0 Å². The second kappa shape index (κ2) is 6.70. The first-order chi connectivity index (χ1) is 11.6. The number of para-hydroxylation sites is 1. The zero-order chi connectivity index (χ0) is 17.1. The first-order valence-electron chi connectivity index (χ1n) is 7.83. The molecule has 0 aliphatic rings. The van der Waals surface area contributed by atoms with Crippen LogP contribution in [0.4, 0.5) is 0 Å². The summed E-state index contributed by atoms with van der Waals surface area (Å²) < 4.78 is 7.11. The van der Waals surface area contributed by atoms with E-state index >= 15 is 0 Å². The summed E-state index contributed by atoms with van der Waals surface area (Å²) in [6.45, 7) is 6.07. The molecule has 0 saturated carbocycles. The lowest BCUT2D eigenvalue weighted by molar-refractivity contribution is -0.120. The molecule has 0 radical (unpaired) electrons. The zero-order valence-corrected chi connectivity index (χ0v) is 14.0. The van der Waals surface area contributed by atoms with Crippen LogP contribution in [0.5, 0.6) is 0 Å². The number of nitrogens with one attached hydrogen (secondary N) is 1. The third-order valence-electron chi connectivity index (χ3n) is 4.07. The van der Waals surface area contributed by atoms with E-state index in [1.807, 2.05) is 55.8 Å². The summed E-state index contributed by atoms with van der Waals surface area (Å²) in [7, 11) is 0. The number of aryl methyl sites for hydroxylation is 3. The molecule has 124 valence electrons. The Kier molecular flexibility index (Phi) is 4.46. The standard InChI is InChI=1S/C18H20N4O2/c1-12-16(13(2)24-21-12)10-18(23)20-11-15-6-4-5-7-17(15)22-9-8-19-14(22)3/h4-9H,10-11H2,1-3H3,(H,20,23). The van der Waals surface area contributed by atoms with Crippen LogP contribution in [0.1, 0.15) is 28.4 Å². The summed E-state index contributed by atoms with van der Waals surface area (Å²) in [6, 6.07) is 7.96. The van der Waals surface area contributed by atoms with Gasteiger partial charge in [0.25, 0.3) is 0 Å². The average Bonchev–Trinajstić information content (AvgIpc) is 3.13. The van der Waals surface area contributed by atoms with E-state index in [-0.39, 0.29) is 12.3 Å². The minimum Gasteiger partial charge on any atom is -0.361 e. The third kappa shape index (κ3) is 3.22. The van der Waals surface area contributed by atoms with Crippen molar-refractivity contribution >= 4 is 5.91 Å². The molecule has 24 heavy (non-hydrogen) atoms. The lowest BCUT2D eigenvalue weighted by Crippen LogP contribution is -2.25. The van der Waals surface area contributed by atoms with Crippen molar-refractivity contribution in [3.05, 3.63) is 65.1 Å². The number of imidazole rings is 1. The second-order valence-corrected chi connectivity index (χ2v) is 5.73. The van der Waals surface area contributed by atoms with Gasteiger partial charge < -0.3 is 14.4 Å². The summed E-state index contributed by atoms with van der Waals surface area (Å²) >= 11 is 0. The van der Waals surface area contributed by atoms with Gasteiger partial charge >= 0.3 is 0 Å². The SMILES string of the molecule is Cc1noc(C)c1CC(=O)NCc1ccccc1-n1ccnc1C. The molecular formula is C18H20N4O2. The van der Waals surface area contributed by atoms with Gasteiger partial charge in [0.15, 0.2) is 0 Å². The normalized spacial score (nSPS) is 10.8. The van der Waals surface area contributed by atoms with Gasteiger partial charge in [-0.3, -0.25) is 4.79 Å². The minimum atomic E-state index is -0.0541. The van der Waals surface area contributed by atoms with Crippen LogP contribution in [-0.4, -0.2) is 20.6 Å². The average molecular weight is 324 g/mol. The van der Waals surface area contributed by atoms with Gasteiger partial charge in [-0.2, -0.15) is 0 Å². The van der Waals surface area contributed by atoms with E-state index in [1.54, 1.807) is 6.20 Å². The van der Waals surface area contributed by atoms with E-state index < -0.39 is 0 Å². The number of nitrogens with zero attached hydrogens (tertiary/aromatic N) is 3. The highest BCUT2D eigenvalue weighted by molar-refractivity contribution is 5.79. The molecule has 0 atom stereocenters. The van der Waals surface area contributed by atoms with Gasteiger partial charge in [0.1, 0.15) is 11.6 Å². The number of carbonyl (C=O) groups excluding carboxylic acids is 1. The maximum absolute atomic E-state index is 12.3. The summed E-state index contributed by atoms with van der Waals surface area (Å²) in [5.41, 5.74) is 3.67. The number of benzene rings is 1. The van der Waals surface area contributed by atoms with Crippen molar-refractivity contribution in [1.82, 2.24) is 20.0 Å². The molecule has 1 aromatic carbocycles. The fourth-order valence-electron chi connectivity index (χ4n) is 2.70. The van der Waals surface area contributed by atoms with Gasteiger partial charge in [0, 0.05) is 24.5 Å². The largest absolute Gasteiger partial charge is 0.361 e. The Bertz CT molecular complexity index is 844. The molecule has 2 heterocycles. The number of amides is 1. The Morgan fingerprint density at radius 3 is 2.71 bits per heavy atom. The molecule has 0 fully saturated rings. The van der Waals surface area contributed by atoms with Gasteiger partial charge in [-0.1, -0.05) is 23.4 Å². The monoisotopic (exact) mass is 324 g/mol. The van der Waals surface area contributed by atoms with Crippen molar-refractivity contribution in [1.29, 1.82) is 0 Å². The highest BCUT2D eigenvalue weighted by Gasteiger charge is 2.14. The van der Waals surface area contributed by atoms with E-state index in [1.165, 1.54) is 0 Å². The molecule has 0 bridgehead atoms. The highest BCUT2D eigenvalue weighted by Crippen LogP contribution is 2.16. The van der Waals surface area contributed by atoms with E-state index in [0.717, 1.165) is 28.3 Å². The van der Waals surface area contributed by atoms with Gasteiger partial charge in [0.2, 0.25) is 5.91 Å². The molecule has 0 saturated heterocycles. The number of aromatic nitrogens is 3. The molecule has 3 rings (SSSR count). The van der Waals surface area contributed by atoms with Gasteiger partial charge in [0.05, 0.1) is 17.8 Å². The van der Waals surface area contributed by atoms with Crippen molar-refractivity contribution in [2.24, 2.45) is 0 Å². The first kappa shape index (κ1) is 16.0. The molecular weight excluding hydrogens is 304 g/mol. The molecule has 2 aromatic heterocycles. The number of carbonyl (C=O) groups is 1. The smallest absolute Gasteiger partial charge is 0.224 e. The summed E-state index contributed by atoms with van der Waals surface area (Å²) in [5, 5.41) is 6.85. The molecule has 1 N–H and O–H groups in total.